The van der Waals surface area contributed by atoms with Crippen LogP contribution in [0.4, 0.5) is 0 Å². The van der Waals surface area contributed by atoms with E-state index in [0.29, 0.717) is 10.6 Å². The van der Waals surface area contributed by atoms with E-state index in [1.54, 1.807) is 24.3 Å². The molecule has 2 heterocycles. The fourth-order valence-corrected chi connectivity index (χ4v) is 4.50. The second kappa shape index (κ2) is 10.2. The molecule has 1 fully saturated rings. The Labute approximate surface area is 193 Å². The number of ether oxygens (including phenoxy) is 5. The van der Waals surface area contributed by atoms with Crippen molar-refractivity contribution in [2.24, 2.45) is 5.16 Å². The van der Waals surface area contributed by atoms with Crippen molar-refractivity contribution in [2.75, 3.05) is 6.61 Å². The van der Waals surface area contributed by atoms with Crippen LogP contribution in [0.15, 0.2) is 35.5 Å². The lowest BCUT2D eigenvalue weighted by atomic mass is 9.98. The molecular weight excluding hydrogens is 458 g/mol. The van der Waals surface area contributed by atoms with Crippen molar-refractivity contribution in [3.8, 4) is 0 Å². The van der Waals surface area contributed by atoms with Gasteiger partial charge in [-0.1, -0.05) is 35.5 Å². The zero-order valence-electron chi connectivity index (χ0n) is 18.3. The molecule has 2 aliphatic rings. The molecule has 3 rings (SSSR count). The van der Waals surface area contributed by atoms with Gasteiger partial charge in [-0.2, -0.15) is 0 Å². The first-order valence-corrected chi connectivity index (χ1v) is 10.8. The molecular formula is C21H23NO10S. The Kier molecular flexibility index (Phi) is 7.59. The van der Waals surface area contributed by atoms with E-state index in [4.69, 9.17) is 28.5 Å². The molecule has 0 radical (unpaired) electrons. The highest BCUT2D eigenvalue weighted by Crippen LogP contribution is 2.48. The number of hydrogen-bond acceptors (Lipinski definition) is 12. The largest absolute Gasteiger partial charge is 0.463 e. The van der Waals surface area contributed by atoms with Crippen LogP contribution >= 0.6 is 11.8 Å². The van der Waals surface area contributed by atoms with E-state index < -0.39 is 53.4 Å². The first-order chi connectivity index (χ1) is 15.6. The average molecular weight is 481 g/mol. The Balaban J connectivity index is 2.02. The van der Waals surface area contributed by atoms with Crippen LogP contribution in [0.25, 0.3) is 0 Å². The summed E-state index contributed by atoms with van der Waals surface area (Å²) < 4.78 is 27.4. The van der Waals surface area contributed by atoms with Crippen LogP contribution in [-0.2, 0) is 47.7 Å². The van der Waals surface area contributed by atoms with Crippen LogP contribution in [0.1, 0.15) is 33.3 Å². The van der Waals surface area contributed by atoms with Gasteiger partial charge in [0, 0.05) is 33.3 Å². The Morgan fingerprint density at radius 3 is 2.09 bits per heavy atom. The SMILES string of the molecule is CC(=O)OCC1O[C@@]2(ON=C(c3ccccc3)S2)C(OC(C)=O)C(OC(C)=O)[C@@H]1OC(C)=O. The summed E-state index contributed by atoms with van der Waals surface area (Å²) in [6, 6.07) is 9.01. The molecule has 2 aliphatic heterocycles. The Hall–Kier alpha value is -3.12. The summed E-state index contributed by atoms with van der Waals surface area (Å²) in [6.07, 6.45) is -5.13. The van der Waals surface area contributed by atoms with Crippen molar-refractivity contribution in [2.45, 2.75) is 57.2 Å². The summed E-state index contributed by atoms with van der Waals surface area (Å²) in [6.45, 7) is 4.29. The van der Waals surface area contributed by atoms with Gasteiger partial charge in [0.15, 0.2) is 12.2 Å². The molecule has 0 aromatic heterocycles. The van der Waals surface area contributed by atoms with Gasteiger partial charge in [0.1, 0.15) is 17.8 Å². The number of oxime groups is 1. The molecule has 1 aromatic rings. The first kappa shape index (κ1) is 24.5. The minimum atomic E-state index is -1.81. The number of hydrogen-bond donors (Lipinski definition) is 0. The van der Waals surface area contributed by atoms with Gasteiger partial charge in [0.25, 0.3) is 0 Å². The van der Waals surface area contributed by atoms with E-state index in [9.17, 15) is 19.2 Å². The monoisotopic (exact) mass is 481 g/mol. The summed E-state index contributed by atoms with van der Waals surface area (Å²) in [5.74, 6) is -2.78. The predicted octanol–water partition coefficient (Wildman–Crippen LogP) is 1.52. The van der Waals surface area contributed by atoms with Gasteiger partial charge in [-0.15, -0.1) is 0 Å². The van der Waals surface area contributed by atoms with Gasteiger partial charge in [-0.25, -0.2) is 0 Å². The molecule has 1 aromatic carbocycles. The van der Waals surface area contributed by atoms with Crippen molar-refractivity contribution >= 4 is 40.7 Å². The van der Waals surface area contributed by atoms with Crippen LogP contribution in [0.2, 0.25) is 0 Å². The van der Waals surface area contributed by atoms with Crippen molar-refractivity contribution in [1.82, 2.24) is 0 Å². The van der Waals surface area contributed by atoms with Crippen LogP contribution < -0.4 is 0 Å². The summed E-state index contributed by atoms with van der Waals surface area (Å²) in [5.41, 5.74) is 0.701. The maximum absolute atomic E-state index is 12.0. The van der Waals surface area contributed by atoms with Crippen LogP contribution in [0, 0.1) is 0 Å². The second-order valence-electron chi connectivity index (χ2n) is 7.20. The van der Waals surface area contributed by atoms with Crippen molar-refractivity contribution in [3.05, 3.63) is 35.9 Å². The third-order valence-corrected chi connectivity index (χ3v) is 5.71. The number of benzene rings is 1. The van der Waals surface area contributed by atoms with Crippen LogP contribution in [-0.4, -0.2) is 65.1 Å². The molecule has 0 bridgehead atoms. The number of thioether (sulfide) groups is 1. The fourth-order valence-electron chi connectivity index (χ4n) is 3.36. The van der Waals surface area contributed by atoms with Gasteiger partial charge >= 0.3 is 29.0 Å². The average Bonchev–Trinajstić information content (AvgIpc) is 3.16. The van der Waals surface area contributed by atoms with Crippen molar-refractivity contribution in [1.29, 1.82) is 0 Å². The van der Waals surface area contributed by atoms with E-state index in [-0.39, 0.29) is 6.61 Å². The molecule has 12 heteroatoms. The maximum Gasteiger partial charge on any atom is 0.332 e. The Morgan fingerprint density at radius 2 is 1.52 bits per heavy atom. The summed E-state index contributed by atoms with van der Waals surface area (Å²) in [4.78, 5) is 52.8. The van der Waals surface area contributed by atoms with Gasteiger partial charge in [-0.3, -0.25) is 19.2 Å². The standard InChI is InChI=1S/C21H23NO10S/c1-11(23)27-10-16-17(28-12(2)24)18(29-13(3)25)19(30-14(4)26)21(31-16)32-22-20(33-21)15-8-6-5-7-9-15/h5-9,16-19H,10H2,1-4H3/t16?,17-,18?,19?,21-/m1/s1. The summed E-state index contributed by atoms with van der Waals surface area (Å²) in [5, 5.41) is 2.68. The maximum atomic E-state index is 12.0. The minimum absolute atomic E-state index is 0.357. The molecule has 178 valence electrons. The highest BCUT2D eigenvalue weighted by Gasteiger charge is 2.65. The smallest absolute Gasteiger partial charge is 0.332 e. The van der Waals surface area contributed by atoms with Gasteiger partial charge in [-0.05, 0) is 11.8 Å². The minimum Gasteiger partial charge on any atom is -0.463 e. The quantitative estimate of drug-likeness (QED) is 0.432. The molecule has 0 saturated carbocycles. The molecule has 0 N–H and O–H groups in total. The summed E-state index contributed by atoms with van der Waals surface area (Å²) in [7, 11) is 0. The normalized spacial score (nSPS) is 28.3. The molecule has 1 spiro atoms. The number of carbonyl (C=O) groups is 4. The van der Waals surface area contributed by atoms with Crippen LogP contribution in [0.3, 0.4) is 0 Å². The Morgan fingerprint density at radius 1 is 0.909 bits per heavy atom. The fraction of sp³-hybridized carbons (Fsp3) is 0.476. The van der Waals surface area contributed by atoms with Gasteiger partial charge in [0.05, 0.1) is 0 Å². The summed E-state index contributed by atoms with van der Waals surface area (Å²) >= 11 is 0.983. The predicted molar refractivity (Wildman–Crippen MR) is 113 cm³/mol. The molecule has 1 saturated heterocycles. The molecule has 33 heavy (non-hydrogen) atoms. The van der Waals surface area contributed by atoms with E-state index >= 15 is 0 Å². The zero-order chi connectivity index (χ0) is 24.2. The zero-order valence-corrected chi connectivity index (χ0v) is 19.2. The third-order valence-electron chi connectivity index (χ3n) is 4.52. The number of carbonyl (C=O) groups excluding carboxylic acids is 4. The molecule has 0 aliphatic carbocycles. The molecule has 3 unspecified atom stereocenters. The lowest BCUT2D eigenvalue weighted by Gasteiger charge is -2.47. The lowest BCUT2D eigenvalue weighted by Crippen LogP contribution is -2.67. The third kappa shape index (κ3) is 5.82. The van der Waals surface area contributed by atoms with Gasteiger partial charge in [0.2, 0.25) is 6.10 Å². The molecule has 0 amide bonds. The highest BCUT2D eigenvalue weighted by atomic mass is 32.2. The van der Waals surface area contributed by atoms with E-state index in [2.05, 4.69) is 5.16 Å². The van der Waals surface area contributed by atoms with E-state index in [1.165, 1.54) is 6.92 Å². The first-order valence-electron chi connectivity index (χ1n) is 9.94. The number of nitrogens with zero attached hydrogens (tertiary/aromatic N) is 1. The number of rotatable bonds is 6. The van der Waals surface area contributed by atoms with E-state index in [1.807, 2.05) is 6.07 Å². The topological polar surface area (TPSA) is 136 Å². The Bertz CT molecular complexity index is 952. The van der Waals surface area contributed by atoms with Crippen LogP contribution in [0.5, 0.6) is 0 Å². The van der Waals surface area contributed by atoms with E-state index in [0.717, 1.165) is 32.5 Å². The molecule has 5 atom stereocenters. The van der Waals surface area contributed by atoms with Gasteiger partial charge < -0.3 is 28.5 Å². The molecule has 11 nitrogen and oxygen atoms in total. The lowest BCUT2D eigenvalue weighted by molar-refractivity contribution is -0.323. The second-order valence-corrected chi connectivity index (χ2v) is 8.36. The highest BCUT2D eigenvalue weighted by molar-refractivity contribution is 8.15. The van der Waals surface area contributed by atoms with Crippen molar-refractivity contribution in [3.63, 3.8) is 0 Å². The van der Waals surface area contributed by atoms with Crippen molar-refractivity contribution < 1.29 is 47.7 Å². The number of esters is 4.